The molecule has 0 heterocycles. The lowest BCUT2D eigenvalue weighted by molar-refractivity contribution is 0.375. The van der Waals surface area contributed by atoms with Crippen molar-refractivity contribution < 1.29 is 9.84 Å². The number of phenolic OH excluding ortho intramolecular Hbond substituents is 1. The molecule has 3 rings (SSSR count). The molecule has 0 unspecified atom stereocenters. The highest BCUT2D eigenvalue weighted by Gasteiger charge is 2.16. The molecule has 0 radical (unpaired) electrons. The molecule has 0 aromatic heterocycles. The van der Waals surface area contributed by atoms with Crippen molar-refractivity contribution in [1.82, 2.24) is 0 Å². The number of phenols is 1. The largest absolute Gasteiger partial charge is 0.504 e. The summed E-state index contributed by atoms with van der Waals surface area (Å²) in [5.41, 5.74) is 4.06. The highest BCUT2D eigenvalue weighted by molar-refractivity contribution is 5.89. The topological polar surface area (TPSA) is 29.5 Å². The van der Waals surface area contributed by atoms with Crippen LogP contribution in [-0.4, -0.2) is 12.2 Å². The first-order valence-corrected chi connectivity index (χ1v) is 6.82. The van der Waals surface area contributed by atoms with Crippen molar-refractivity contribution in [3.05, 3.63) is 72.8 Å². The molecule has 21 heavy (non-hydrogen) atoms. The normalized spacial score (nSPS) is 10.3. The van der Waals surface area contributed by atoms with Crippen LogP contribution in [0.1, 0.15) is 0 Å². The fourth-order valence-electron chi connectivity index (χ4n) is 2.53. The first-order chi connectivity index (χ1) is 10.3. The molecule has 2 heteroatoms. The smallest absolute Gasteiger partial charge is 0.168 e. The van der Waals surface area contributed by atoms with Gasteiger partial charge < -0.3 is 9.84 Å². The molecule has 3 aromatic rings. The molecule has 1 N–H and O–H groups in total. The number of rotatable bonds is 3. The van der Waals surface area contributed by atoms with Crippen LogP contribution in [0.4, 0.5) is 0 Å². The minimum atomic E-state index is 0.149. The van der Waals surface area contributed by atoms with Crippen LogP contribution in [0.5, 0.6) is 11.5 Å². The fourth-order valence-corrected chi connectivity index (χ4v) is 2.53. The molecular weight excluding hydrogens is 260 g/mol. The Bertz CT molecular complexity index is 734. The van der Waals surface area contributed by atoms with Crippen LogP contribution in [0.3, 0.4) is 0 Å². The predicted octanol–water partition coefficient (Wildman–Crippen LogP) is 4.73. The van der Waals surface area contributed by atoms with Gasteiger partial charge in [-0.1, -0.05) is 60.7 Å². The summed E-state index contributed by atoms with van der Waals surface area (Å²) in [6, 6.07) is 23.7. The van der Waals surface area contributed by atoms with E-state index in [1.165, 1.54) is 0 Å². The molecule has 0 saturated carbocycles. The second kappa shape index (κ2) is 5.71. The Labute approximate surface area is 124 Å². The first kappa shape index (κ1) is 13.3. The van der Waals surface area contributed by atoms with E-state index in [1.807, 2.05) is 54.6 Å². The molecule has 0 amide bonds. The highest BCUT2D eigenvalue weighted by Crippen LogP contribution is 2.44. The highest BCUT2D eigenvalue weighted by atomic mass is 16.5. The number of methoxy groups -OCH3 is 1. The Kier molecular flexibility index (Phi) is 3.61. The van der Waals surface area contributed by atoms with E-state index in [0.717, 1.165) is 22.3 Å². The van der Waals surface area contributed by atoms with E-state index >= 15 is 0 Å². The van der Waals surface area contributed by atoms with Crippen LogP contribution in [0, 0.1) is 0 Å². The minimum absolute atomic E-state index is 0.149. The third kappa shape index (κ3) is 2.48. The zero-order valence-corrected chi connectivity index (χ0v) is 11.8. The van der Waals surface area contributed by atoms with Gasteiger partial charge in [0.1, 0.15) is 0 Å². The van der Waals surface area contributed by atoms with E-state index in [1.54, 1.807) is 13.2 Å². The summed E-state index contributed by atoms with van der Waals surface area (Å²) in [5.74, 6) is 0.651. The SMILES string of the molecule is COc1c(O)ccc(-c2ccccc2)c1-c1ccccc1. The molecule has 3 aromatic carbocycles. The number of benzene rings is 3. The van der Waals surface area contributed by atoms with E-state index in [2.05, 4.69) is 12.1 Å². The summed E-state index contributed by atoms with van der Waals surface area (Å²) in [5, 5.41) is 10.1. The van der Waals surface area contributed by atoms with Gasteiger partial charge in [0.05, 0.1) is 7.11 Å². The summed E-state index contributed by atoms with van der Waals surface area (Å²) < 4.78 is 5.44. The lowest BCUT2D eigenvalue weighted by Gasteiger charge is -2.16. The maximum Gasteiger partial charge on any atom is 0.168 e. The predicted molar refractivity (Wildman–Crippen MR) is 85.5 cm³/mol. The fraction of sp³-hybridized carbons (Fsp3) is 0.0526. The molecule has 0 aliphatic rings. The zero-order valence-electron chi connectivity index (χ0n) is 11.8. The van der Waals surface area contributed by atoms with Gasteiger partial charge in [-0.3, -0.25) is 0 Å². The number of aromatic hydroxyl groups is 1. The molecule has 0 aliphatic heterocycles. The van der Waals surface area contributed by atoms with Crippen molar-refractivity contribution in [3.63, 3.8) is 0 Å². The second-order valence-electron chi connectivity index (χ2n) is 4.77. The van der Waals surface area contributed by atoms with Crippen LogP contribution in [0.2, 0.25) is 0 Å². The Hall–Kier alpha value is -2.74. The molecule has 0 bridgehead atoms. The standard InChI is InChI=1S/C19H16O2/c1-21-19-17(20)13-12-16(14-8-4-2-5-9-14)18(19)15-10-6-3-7-11-15/h2-13,20H,1H3. The van der Waals surface area contributed by atoms with E-state index in [0.29, 0.717) is 5.75 Å². The average Bonchev–Trinajstić information content (AvgIpc) is 2.56. The molecule has 0 atom stereocenters. The maximum absolute atomic E-state index is 10.1. The van der Waals surface area contributed by atoms with Crippen molar-refractivity contribution in [2.45, 2.75) is 0 Å². The van der Waals surface area contributed by atoms with Gasteiger partial charge in [0, 0.05) is 5.56 Å². The maximum atomic E-state index is 10.1. The first-order valence-electron chi connectivity index (χ1n) is 6.82. The lowest BCUT2D eigenvalue weighted by atomic mass is 9.93. The number of ether oxygens (including phenoxy) is 1. The van der Waals surface area contributed by atoms with Crippen LogP contribution in [0.15, 0.2) is 72.8 Å². The summed E-state index contributed by atoms with van der Waals surface area (Å²) in [7, 11) is 1.58. The van der Waals surface area contributed by atoms with E-state index in [-0.39, 0.29) is 5.75 Å². The number of hydrogen-bond donors (Lipinski definition) is 1. The van der Waals surface area contributed by atoms with Crippen molar-refractivity contribution in [2.24, 2.45) is 0 Å². The summed E-state index contributed by atoms with van der Waals surface area (Å²) in [6.45, 7) is 0. The van der Waals surface area contributed by atoms with E-state index in [9.17, 15) is 5.11 Å². The van der Waals surface area contributed by atoms with Gasteiger partial charge in [-0.2, -0.15) is 0 Å². The van der Waals surface area contributed by atoms with Crippen LogP contribution in [-0.2, 0) is 0 Å². The summed E-state index contributed by atoms with van der Waals surface area (Å²) in [4.78, 5) is 0. The van der Waals surface area contributed by atoms with Crippen LogP contribution in [0.25, 0.3) is 22.3 Å². The van der Waals surface area contributed by atoms with Crippen molar-refractivity contribution in [1.29, 1.82) is 0 Å². The van der Waals surface area contributed by atoms with Gasteiger partial charge >= 0.3 is 0 Å². The van der Waals surface area contributed by atoms with Gasteiger partial charge in [0.2, 0.25) is 0 Å². The lowest BCUT2D eigenvalue weighted by Crippen LogP contribution is -1.92. The van der Waals surface area contributed by atoms with Crippen molar-refractivity contribution in [3.8, 4) is 33.8 Å². The summed E-state index contributed by atoms with van der Waals surface area (Å²) >= 11 is 0. The van der Waals surface area contributed by atoms with E-state index < -0.39 is 0 Å². The average molecular weight is 276 g/mol. The van der Waals surface area contributed by atoms with Crippen LogP contribution < -0.4 is 4.74 Å². The third-order valence-corrected chi connectivity index (χ3v) is 3.49. The Balaban J connectivity index is 2.31. The molecule has 0 fully saturated rings. The molecule has 0 saturated heterocycles. The van der Waals surface area contributed by atoms with Crippen molar-refractivity contribution >= 4 is 0 Å². The van der Waals surface area contributed by atoms with Crippen LogP contribution >= 0.6 is 0 Å². The molecule has 0 aliphatic carbocycles. The molecule has 2 nitrogen and oxygen atoms in total. The molecular formula is C19H16O2. The minimum Gasteiger partial charge on any atom is -0.504 e. The Morgan fingerprint density at radius 3 is 1.86 bits per heavy atom. The monoisotopic (exact) mass is 276 g/mol. The van der Waals surface area contributed by atoms with Gasteiger partial charge in [0.15, 0.2) is 11.5 Å². The zero-order chi connectivity index (χ0) is 14.7. The quantitative estimate of drug-likeness (QED) is 0.749. The van der Waals surface area contributed by atoms with Gasteiger partial charge in [-0.05, 0) is 28.8 Å². The Morgan fingerprint density at radius 1 is 0.714 bits per heavy atom. The van der Waals surface area contributed by atoms with Gasteiger partial charge in [-0.15, -0.1) is 0 Å². The third-order valence-electron chi connectivity index (χ3n) is 3.49. The second-order valence-corrected chi connectivity index (χ2v) is 4.77. The molecule has 0 spiro atoms. The summed E-state index contributed by atoms with van der Waals surface area (Å²) in [6.07, 6.45) is 0. The van der Waals surface area contributed by atoms with Gasteiger partial charge in [0.25, 0.3) is 0 Å². The number of hydrogen-bond acceptors (Lipinski definition) is 2. The van der Waals surface area contributed by atoms with Crippen molar-refractivity contribution in [2.75, 3.05) is 7.11 Å². The Morgan fingerprint density at radius 2 is 1.29 bits per heavy atom. The van der Waals surface area contributed by atoms with E-state index in [4.69, 9.17) is 4.74 Å². The molecule has 104 valence electrons. The van der Waals surface area contributed by atoms with Gasteiger partial charge in [-0.25, -0.2) is 0 Å².